The van der Waals surface area contributed by atoms with Crippen LogP contribution < -0.4 is 10.4 Å². The number of unbranched alkanes of at least 4 members (excludes halogenated alkanes) is 1. The molecule has 0 fully saturated rings. The van der Waals surface area contributed by atoms with Crippen LogP contribution in [0.5, 0.6) is 0 Å². The normalized spacial score (nSPS) is 12.1. The number of aryl methyl sites for hydroxylation is 2. The highest BCUT2D eigenvalue weighted by molar-refractivity contribution is 7.92. The Morgan fingerprint density at radius 2 is 1.71 bits per heavy atom. The first-order valence-electron chi connectivity index (χ1n) is 15.5. The third-order valence-electron chi connectivity index (χ3n) is 7.96. The van der Waals surface area contributed by atoms with E-state index in [1.54, 1.807) is 44.2 Å². The molecule has 14 heteroatoms. The highest BCUT2D eigenvalue weighted by Crippen LogP contribution is 2.34. The molecule has 0 spiro atoms. The van der Waals surface area contributed by atoms with Crippen molar-refractivity contribution in [1.82, 2.24) is 19.5 Å². The SMILES string of the molecule is CCCCc1nn(-c2ccccc2C(F)(F)F)c(=O)n1Cc1ccc(-c2ccccc2S(=O)(=O)Nc2noc(C)c2C)c(COCC)c1. The van der Waals surface area contributed by atoms with Gasteiger partial charge in [-0.05, 0) is 62.1 Å². The molecule has 10 nitrogen and oxygen atoms in total. The van der Waals surface area contributed by atoms with Gasteiger partial charge in [0.2, 0.25) is 0 Å². The lowest BCUT2D eigenvalue weighted by Crippen LogP contribution is -2.26. The van der Waals surface area contributed by atoms with Crippen LogP contribution in [0, 0.1) is 13.8 Å². The van der Waals surface area contributed by atoms with E-state index in [1.165, 1.54) is 28.8 Å². The Labute approximate surface area is 276 Å². The van der Waals surface area contributed by atoms with Crippen LogP contribution >= 0.6 is 0 Å². The number of hydrogen-bond acceptors (Lipinski definition) is 7. The summed E-state index contributed by atoms with van der Waals surface area (Å²) >= 11 is 0. The van der Waals surface area contributed by atoms with Crippen LogP contribution in [0.15, 0.2) is 80.9 Å². The molecule has 5 aromatic rings. The first-order chi connectivity index (χ1) is 22.9. The average Bonchev–Trinajstić information content (AvgIpc) is 3.54. The zero-order valence-electron chi connectivity index (χ0n) is 27.0. The van der Waals surface area contributed by atoms with Gasteiger partial charge < -0.3 is 9.26 Å². The standard InChI is InChI=1S/C34H36F3N5O5S/c1-5-7-16-31-38-42(29-14-10-9-13-28(29)34(35,36)37)33(43)41(31)20-24-17-18-26(25(19-24)21-46-6-2)27-12-8-11-15-30(27)48(44,45)40-32-22(3)23(4)47-39-32/h8-15,17-19H,5-7,16,20-21H2,1-4H3,(H,39,40). The maximum atomic E-state index is 13.9. The number of alkyl halides is 3. The first kappa shape index (κ1) is 34.6. The first-order valence-corrected chi connectivity index (χ1v) is 16.9. The minimum atomic E-state index is -4.68. The van der Waals surface area contributed by atoms with E-state index in [2.05, 4.69) is 15.0 Å². The van der Waals surface area contributed by atoms with E-state index in [-0.39, 0.29) is 29.6 Å². The highest BCUT2D eigenvalue weighted by atomic mass is 32.2. The molecule has 0 unspecified atom stereocenters. The number of para-hydroxylation sites is 1. The fraction of sp³-hybridized carbons (Fsp3) is 0.324. The summed E-state index contributed by atoms with van der Waals surface area (Å²) in [6.45, 7) is 7.74. The van der Waals surface area contributed by atoms with Crippen molar-refractivity contribution in [3.63, 3.8) is 0 Å². The number of hydrogen-bond donors (Lipinski definition) is 1. The molecule has 0 atom stereocenters. The Morgan fingerprint density at radius 1 is 0.979 bits per heavy atom. The smallest absolute Gasteiger partial charge is 0.377 e. The molecule has 0 bridgehead atoms. The number of nitrogens with zero attached hydrogens (tertiary/aromatic N) is 4. The average molecular weight is 684 g/mol. The third kappa shape index (κ3) is 7.24. The van der Waals surface area contributed by atoms with Crippen LogP contribution in [0.1, 0.15) is 60.5 Å². The van der Waals surface area contributed by atoms with Gasteiger partial charge in [0.05, 0.1) is 29.3 Å². The van der Waals surface area contributed by atoms with Crippen LogP contribution in [-0.2, 0) is 40.5 Å². The molecule has 5 rings (SSSR count). The van der Waals surface area contributed by atoms with Crippen LogP contribution in [0.4, 0.5) is 19.0 Å². The van der Waals surface area contributed by atoms with E-state index in [9.17, 15) is 26.4 Å². The monoisotopic (exact) mass is 683 g/mol. The molecule has 0 saturated carbocycles. The van der Waals surface area contributed by atoms with Gasteiger partial charge in [0, 0.05) is 24.2 Å². The van der Waals surface area contributed by atoms with E-state index in [4.69, 9.17) is 9.26 Å². The molecule has 0 aliphatic heterocycles. The van der Waals surface area contributed by atoms with Crippen molar-refractivity contribution in [1.29, 1.82) is 0 Å². The Balaban J connectivity index is 1.57. The van der Waals surface area contributed by atoms with Crippen LogP contribution in [0.3, 0.4) is 0 Å². The maximum absolute atomic E-state index is 13.9. The Kier molecular flexibility index (Phi) is 10.2. The molecule has 2 heterocycles. The number of sulfonamides is 1. The zero-order chi connectivity index (χ0) is 34.6. The Morgan fingerprint density at radius 3 is 2.40 bits per heavy atom. The Hall–Kier alpha value is -4.69. The van der Waals surface area contributed by atoms with E-state index in [0.29, 0.717) is 58.9 Å². The lowest BCUT2D eigenvalue weighted by molar-refractivity contribution is -0.137. The highest BCUT2D eigenvalue weighted by Gasteiger charge is 2.35. The Bertz CT molecular complexity index is 2080. The summed E-state index contributed by atoms with van der Waals surface area (Å²) in [4.78, 5) is 13.7. The number of rotatable bonds is 13. The van der Waals surface area contributed by atoms with Gasteiger partial charge in [0.25, 0.3) is 10.0 Å². The van der Waals surface area contributed by atoms with Gasteiger partial charge in [-0.25, -0.2) is 13.2 Å². The van der Waals surface area contributed by atoms with Gasteiger partial charge in [-0.3, -0.25) is 9.29 Å². The van der Waals surface area contributed by atoms with E-state index in [1.807, 2.05) is 19.9 Å². The molecular formula is C34H36F3N5O5S. The fourth-order valence-corrected chi connectivity index (χ4v) is 6.59. The number of benzene rings is 3. The molecule has 2 aromatic heterocycles. The second-order valence-electron chi connectivity index (χ2n) is 11.3. The molecule has 0 aliphatic rings. The lowest BCUT2D eigenvalue weighted by atomic mass is 9.97. The van der Waals surface area contributed by atoms with Gasteiger partial charge in [0.15, 0.2) is 5.82 Å². The summed E-state index contributed by atoms with van der Waals surface area (Å²) in [6, 6.07) is 16.7. The molecule has 3 aromatic carbocycles. The molecule has 254 valence electrons. The maximum Gasteiger partial charge on any atom is 0.418 e. The molecule has 48 heavy (non-hydrogen) atoms. The quantitative estimate of drug-likeness (QED) is 0.141. The third-order valence-corrected chi connectivity index (χ3v) is 9.35. The van der Waals surface area contributed by atoms with Gasteiger partial charge >= 0.3 is 11.9 Å². The largest absolute Gasteiger partial charge is 0.418 e. The van der Waals surface area contributed by atoms with Gasteiger partial charge in [0.1, 0.15) is 11.6 Å². The minimum absolute atomic E-state index is 0.0122. The summed E-state index contributed by atoms with van der Waals surface area (Å²) in [6.07, 6.45) is -2.82. The number of nitrogens with one attached hydrogen (secondary N) is 1. The van der Waals surface area contributed by atoms with E-state index in [0.717, 1.165) is 17.2 Å². The van der Waals surface area contributed by atoms with Crippen molar-refractivity contribution < 1.29 is 30.8 Å². The number of ether oxygens (including phenoxy) is 1. The number of halogens is 3. The molecule has 0 radical (unpaired) electrons. The van der Waals surface area contributed by atoms with Crippen LogP contribution in [-0.4, -0.2) is 34.5 Å². The summed E-state index contributed by atoms with van der Waals surface area (Å²) in [7, 11) is -4.10. The molecule has 0 saturated heterocycles. The lowest BCUT2D eigenvalue weighted by Gasteiger charge is -2.16. The topological polar surface area (TPSA) is 121 Å². The van der Waals surface area contributed by atoms with E-state index < -0.39 is 27.5 Å². The van der Waals surface area contributed by atoms with Crippen molar-refractivity contribution in [2.75, 3.05) is 11.3 Å². The number of anilines is 1. The van der Waals surface area contributed by atoms with Gasteiger partial charge in [-0.1, -0.05) is 67.0 Å². The summed E-state index contributed by atoms with van der Waals surface area (Å²) in [5, 5.41) is 8.20. The summed E-state index contributed by atoms with van der Waals surface area (Å²) in [5.41, 5.74) is 0.884. The van der Waals surface area contributed by atoms with E-state index >= 15 is 0 Å². The minimum Gasteiger partial charge on any atom is -0.377 e. The predicted octanol–water partition coefficient (Wildman–Crippen LogP) is 7.05. The van der Waals surface area contributed by atoms with Crippen molar-refractivity contribution in [3.05, 3.63) is 111 Å². The van der Waals surface area contributed by atoms with Gasteiger partial charge in [-0.15, -0.1) is 5.10 Å². The number of aromatic nitrogens is 4. The molecule has 0 amide bonds. The zero-order valence-corrected chi connectivity index (χ0v) is 27.8. The molecule has 0 aliphatic carbocycles. The van der Waals surface area contributed by atoms with Crippen molar-refractivity contribution in [3.8, 4) is 16.8 Å². The van der Waals surface area contributed by atoms with Gasteiger partial charge in [-0.2, -0.15) is 17.9 Å². The van der Waals surface area contributed by atoms with Crippen molar-refractivity contribution in [2.24, 2.45) is 0 Å². The molecule has 1 N–H and O–H groups in total. The second kappa shape index (κ2) is 14.2. The summed E-state index contributed by atoms with van der Waals surface area (Å²) < 4.78 is 84.4. The van der Waals surface area contributed by atoms with Crippen molar-refractivity contribution >= 4 is 15.8 Å². The van der Waals surface area contributed by atoms with Crippen LogP contribution in [0.25, 0.3) is 16.8 Å². The predicted molar refractivity (Wildman–Crippen MR) is 175 cm³/mol. The van der Waals surface area contributed by atoms with Crippen LogP contribution in [0.2, 0.25) is 0 Å². The molecular weight excluding hydrogens is 647 g/mol. The summed E-state index contributed by atoms with van der Waals surface area (Å²) in [5.74, 6) is 0.938. The second-order valence-corrected chi connectivity index (χ2v) is 12.9. The fourth-order valence-electron chi connectivity index (χ4n) is 5.31. The van der Waals surface area contributed by atoms with Crippen molar-refractivity contribution in [2.45, 2.75) is 71.2 Å².